The van der Waals surface area contributed by atoms with Gasteiger partial charge < -0.3 is 4.74 Å². The van der Waals surface area contributed by atoms with E-state index in [2.05, 4.69) is 42.5 Å². The molecular weight excluding hydrogens is 272 g/mol. The highest BCUT2D eigenvalue weighted by Gasteiger charge is 2.15. The van der Waals surface area contributed by atoms with Gasteiger partial charge >= 0.3 is 5.97 Å². The van der Waals surface area contributed by atoms with Gasteiger partial charge in [0, 0.05) is 0 Å². The third kappa shape index (κ3) is 2.86. The van der Waals surface area contributed by atoms with Crippen LogP contribution in [-0.2, 0) is 17.6 Å². The quantitative estimate of drug-likeness (QED) is 0.732. The zero-order valence-corrected chi connectivity index (χ0v) is 12.6. The second kappa shape index (κ2) is 6.44. The van der Waals surface area contributed by atoms with E-state index < -0.39 is 0 Å². The van der Waals surface area contributed by atoms with Crippen molar-refractivity contribution in [1.29, 1.82) is 0 Å². The maximum atomic E-state index is 11.3. The molecule has 2 aromatic rings. The molecule has 0 aliphatic heterocycles. The summed E-state index contributed by atoms with van der Waals surface area (Å²) in [7, 11) is 1.41. The van der Waals surface area contributed by atoms with Crippen molar-refractivity contribution in [2.24, 2.45) is 0 Å². The Kier molecular flexibility index (Phi) is 4.19. The van der Waals surface area contributed by atoms with Crippen LogP contribution in [0.15, 0.2) is 54.6 Å². The van der Waals surface area contributed by atoms with E-state index in [-0.39, 0.29) is 5.97 Å². The number of hydrogen-bond donors (Lipinski definition) is 0. The third-order valence-corrected chi connectivity index (χ3v) is 3.93. The molecule has 0 bridgehead atoms. The van der Waals surface area contributed by atoms with Gasteiger partial charge in [0.25, 0.3) is 0 Å². The Labute approximate surface area is 130 Å². The Bertz CT molecular complexity index is 754. The predicted molar refractivity (Wildman–Crippen MR) is 89.7 cm³/mol. The molecule has 22 heavy (non-hydrogen) atoms. The van der Waals surface area contributed by atoms with E-state index in [1.807, 2.05) is 18.2 Å². The molecule has 0 aromatic heterocycles. The Morgan fingerprint density at radius 1 is 0.909 bits per heavy atom. The molecule has 0 fully saturated rings. The van der Waals surface area contributed by atoms with Gasteiger partial charge in [0.1, 0.15) is 0 Å². The molecule has 2 aliphatic rings. The van der Waals surface area contributed by atoms with Gasteiger partial charge in [-0.2, -0.15) is 0 Å². The first-order valence-electron chi connectivity index (χ1n) is 7.41. The molecule has 2 nitrogen and oxygen atoms in total. The van der Waals surface area contributed by atoms with Crippen molar-refractivity contribution in [3.8, 4) is 0 Å². The van der Waals surface area contributed by atoms with Gasteiger partial charge in [-0.15, -0.1) is 0 Å². The molecule has 0 saturated heterocycles. The van der Waals surface area contributed by atoms with E-state index in [9.17, 15) is 4.79 Å². The summed E-state index contributed by atoms with van der Waals surface area (Å²) in [4.78, 5) is 11.3. The summed E-state index contributed by atoms with van der Waals surface area (Å²) in [5.41, 5.74) is 5.73. The molecule has 4 rings (SSSR count). The summed E-state index contributed by atoms with van der Waals surface area (Å²) < 4.78 is 4.69. The summed E-state index contributed by atoms with van der Waals surface area (Å²) in [6.07, 6.45) is 10.4. The number of fused-ring (bicyclic) bond motifs is 2. The molecule has 0 radical (unpaired) electrons. The first-order valence-corrected chi connectivity index (χ1v) is 7.41. The third-order valence-electron chi connectivity index (χ3n) is 3.93. The lowest BCUT2D eigenvalue weighted by Gasteiger charge is -2.05. The Balaban J connectivity index is 0.000000139. The monoisotopic (exact) mass is 290 g/mol. The highest BCUT2D eigenvalue weighted by molar-refractivity contribution is 5.92. The van der Waals surface area contributed by atoms with Crippen molar-refractivity contribution >= 4 is 18.1 Å². The minimum Gasteiger partial charge on any atom is -0.465 e. The minimum atomic E-state index is -0.249. The van der Waals surface area contributed by atoms with Crippen LogP contribution in [0.25, 0.3) is 12.2 Å². The summed E-state index contributed by atoms with van der Waals surface area (Å²) in [6.45, 7) is 0. The summed E-state index contributed by atoms with van der Waals surface area (Å²) in [6, 6.07) is 14.2. The number of carbonyl (C=O) groups is 1. The van der Waals surface area contributed by atoms with Crippen LogP contribution in [0.4, 0.5) is 0 Å². The first kappa shape index (κ1) is 14.3. The fourth-order valence-electron chi connectivity index (χ4n) is 2.79. The topological polar surface area (TPSA) is 26.3 Å². The number of benzene rings is 2. The van der Waals surface area contributed by atoms with Gasteiger partial charge in [0.2, 0.25) is 0 Å². The number of esters is 1. The molecule has 0 saturated carbocycles. The molecule has 0 N–H and O–H groups in total. The number of allylic oxidation sites excluding steroid dienone is 2. The normalized spacial score (nSPS) is 13.1. The van der Waals surface area contributed by atoms with E-state index in [1.54, 1.807) is 6.07 Å². The highest BCUT2D eigenvalue weighted by Crippen LogP contribution is 2.23. The fourth-order valence-corrected chi connectivity index (χ4v) is 2.79. The van der Waals surface area contributed by atoms with Crippen molar-refractivity contribution in [2.75, 3.05) is 7.11 Å². The number of carbonyl (C=O) groups excluding carboxylic acids is 1. The Morgan fingerprint density at radius 3 is 2.45 bits per heavy atom. The van der Waals surface area contributed by atoms with E-state index in [0.29, 0.717) is 5.56 Å². The van der Waals surface area contributed by atoms with E-state index in [4.69, 9.17) is 4.74 Å². The lowest BCUT2D eigenvalue weighted by atomic mass is 10.0. The Morgan fingerprint density at radius 2 is 1.64 bits per heavy atom. The van der Waals surface area contributed by atoms with E-state index in [0.717, 1.165) is 24.0 Å². The average molecular weight is 290 g/mol. The lowest BCUT2D eigenvalue weighted by molar-refractivity contribution is 0.0599. The number of methoxy groups -OCH3 is 1. The highest BCUT2D eigenvalue weighted by atomic mass is 16.5. The van der Waals surface area contributed by atoms with Crippen molar-refractivity contribution in [2.45, 2.75) is 12.8 Å². The second-order valence-electron chi connectivity index (χ2n) is 5.28. The number of rotatable bonds is 1. The van der Waals surface area contributed by atoms with Crippen LogP contribution < -0.4 is 0 Å². The largest absolute Gasteiger partial charge is 0.465 e. The maximum absolute atomic E-state index is 11.3. The fraction of sp³-hybridized carbons (Fsp3) is 0.150. The molecule has 2 heteroatoms. The van der Waals surface area contributed by atoms with Gasteiger partial charge in [-0.1, -0.05) is 60.7 Å². The van der Waals surface area contributed by atoms with Gasteiger partial charge in [0.05, 0.1) is 12.7 Å². The van der Waals surface area contributed by atoms with Crippen molar-refractivity contribution < 1.29 is 9.53 Å². The van der Waals surface area contributed by atoms with Crippen LogP contribution in [0.1, 0.15) is 32.6 Å². The van der Waals surface area contributed by atoms with Crippen LogP contribution in [0.5, 0.6) is 0 Å². The number of ether oxygens (including phenoxy) is 1. The zero-order chi connectivity index (χ0) is 15.4. The van der Waals surface area contributed by atoms with Crippen LogP contribution >= 0.6 is 0 Å². The van der Waals surface area contributed by atoms with Crippen molar-refractivity contribution in [3.05, 3.63) is 82.4 Å². The van der Waals surface area contributed by atoms with Gasteiger partial charge in [-0.25, -0.2) is 4.79 Å². The number of hydrogen-bond acceptors (Lipinski definition) is 2. The summed E-state index contributed by atoms with van der Waals surface area (Å²) in [5.74, 6) is -0.249. The zero-order valence-electron chi connectivity index (χ0n) is 12.6. The van der Waals surface area contributed by atoms with Crippen molar-refractivity contribution in [1.82, 2.24) is 0 Å². The molecule has 0 heterocycles. The minimum absolute atomic E-state index is 0.249. The van der Waals surface area contributed by atoms with Crippen LogP contribution in [0.2, 0.25) is 0 Å². The molecule has 2 aromatic carbocycles. The smallest absolute Gasteiger partial charge is 0.338 e. The molecular formula is C20H18O2. The molecule has 2 aliphatic carbocycles. The standard InChI is InChI=1S/C11H10O2.C9H8/c1-13-11(12)10-7-3-5-8-4-2-6-9(8)10;1-2-5-9-7-3-6-8(9)4-1/h2-5,7H,6H2,1H3;1-6H,7H2. The van der Waals surface area contributed by atoms with Crippen LogP contribution in [0, 0.1) is 0 Å². The Hall–Kier alpha value is -2.61. The predicted octanol–water partition coefficient (Wildman–Crippen LogP) is 4.30. The molecule has 0 spiro atoms. The van der Waals surface area contributed by atoms with Crippen LogP contribution in [0.3, 0.4) is 0 Å². The molecule has 110 valence electrons. The first-order chi connectivity index (χ1) is 10.8. The van der Waals surface area contributed by atoms with Crippen molar-refractivity contribution in [3.63, 3.8) is 0 Å². The summed E-state index contributed by atoms with van der Waals surface area (Å²) >= 11 is 0. The van der Waals surface area contributed by atoms with Gasteiger partial charge in [-0.3, -0.25) is 0 Å². The van der Waals surface area contributed by atoms with Crippen LogP contribution in [-0.4, -0.2) is 13.1 Å². The summed E-state index contributed by atoms with van der Waals surface area (Å²) in [5, 5.41) is 0. The van der Waals surface area contributed by atoms with Gasteiger partial charge in [-0.05, 0) is 41.2 Å². The average Bonchev–Trinajstić information content (AvgIpc) is 3.22. The van der Waals surface area contributed by atoms with E-state index in [1.165, 1.54) is 18.2 Å². The SMILES string of the molecule is C1=Cc2ccccc2C1.COC(=O)c1cccc2c1CC=C2. The van der Waals surface area contributed by atoms with Gasteiger partial charge in [0.15, 0.2) is 0 Å². The molecule has 0 atom stereocenters. The maximum Gasteiger partial charge on any atom is 0.338 e. The molecule has 0 unspecified atom stereocenters. The lowest BCUT2D eigenvalue weighted by Crippen LogP contribution is -2.05. The molecule has 0 amide bonds. The van der Waals surface area contributed by atoms with E-state index >= 15 is 0 Å². The second-order valence-corrected chi connectivity index (χ2v) is 5.28.